The van der Waals surface area contributed by atoms with Crippen LogP contribution >= 0.6 is 0 Å². The minimum Gasteiger partial charge on any atom is -0.315 e. The highest BCUT2D eigenvalue weighted by molar-refractivity contribution is 4.95. The van der Waals surface area contributed by atoms with Gasteiger partial charge in [-0.2, -0.15) is 0 Å². The lowest BCUT2D eigenvalue weighted by molar-refractivity contribution is 0.0945. The number of rotatable bonds is 4. The van der Waals surface area contributed by atoms with Crippen molar-refractivity contribution in [2.45, 2.75) is 51.6 Å². The molecular weight excluding hydrogens is 160 g/mol. The van der Waals surface area contributed by atoms with E-state index in [0.29, 0.717) is 11.6 Å². The second-order valence-corrected chi connectivity index (χ2v) is 4.42. The monoisotopic (exact) mass is 184 g/mol. The maximum atomic E-state index is 3.39. The molecule has 0 bridgehead atoms. The lowest BCUT2D eigenvalue weighted by atomic mass is 9.88. The van der Waals surface area contributed by atoms with E-state index < -0.39 is 0 Å². The van der Waals surface area contributed by atoms with Gasteiger partial charge < -0.3 is 5.32 Å². The molecule has 1 N–H and O–H groups in total. The Kier molecular flexibility index (Phi) is 3.74. The zero-order valence-corrected chi connectivity index (χ0v) is 9.56. The van der Waals surface area contributed by atoms with Crippen molar-refractivity contribution in [2.75, 3.05) is 20.1 Å². The number of likely N-dealkylation sites (N-methyl/N-ethyl adjacent to an activating group) is 1. The van der Waals surface area contributed by atoms with Gasteiger partial charge in [0.25, 0.3) is 0 Å². The minimum atomic E-state index is 0.352. The molecule has 0 aromatic carbocycles. The molecule has 0 spiro atoms. The lowest BCUT2D eigenvalue weighted by Crippen LogP contribution is -2.56. The average Bonchev–Trinajstić information content (AvgIpc) is 2.68. The molecule has 0 aromatic rings. The van der Waals surface area contributed by atoms with Gasteiger partial charge in [0.1, 0.15) is 0 Å². The summed E-state index contributed by atoms with van der Waals surface area (Å²) < 4.78 is 0. The predicted molar refractivity (Wildman–Crippen MR) is 58.0 cm³/mol. The van der Waals surface area contributed by atoms with E-state index in [1.807, 2.05) is 0 Å². The van der Waals surface area contributed by atoms with Crippen molar-refractivity contribution >= 4 is 0 Å². The van der Waals surface area contributed by atoms with Crippen LogP contribution in [0.3, 0.4) is 0 Å². The summed E-state index contributed by atoms with van der Waals surface area (Å²) in [5.74, 6) is 0. The van der Waals surface area contributed by atoms with Crippen molar-refractivity contribution in [1.29, 1.82) is 0 Å². The standard InChI is InChI=1S/C11H24N2/c1-5-11(3,10(2)12-4)13-8-6-7-9-13/h10,12H,5-9H2,1-4H3. The summed E-state index contributed by atoms with van der Waals surface area (Å²) in [5, 5.41) is 3.39. The van der Waals surface area contributed by atoms with Crippen LogP contribution in [0.15, 0.2) is 0 Å². The second-order valence-electron chi connectivity index (χ2n) is 4.42. The zero-order chi connectivity index (χ0) is 9.90. The molecule has 2 atom stereocenters. The number of hydrogen-bond acceptors (Lipinski definition) is 2. The van der Waals surface area contributed by atoms with E-state index in [1.165, 1.54) is 32.4 Å². The smallest absolute Gasteiger partial charge is 0.0328 e. The topological polar surface area (TPSA) is 15.3 Å². The molecule has 1 aliphatic heterocycles. The van der Waals surface area contributed by atoms with Crippen molar-refractivity contribution in [3.8, 4) is 0 Å². The van der Waals surface area contributed by atoms with Gasteiger partial charge in [-0.25, -0.2) is 0 Å². The van der Waals surface area contributed by atoms with Gasteiger partial charge >= 0.3 is 0 Å². The van der Waals surface area contributed by atoms with Crippen molar-refractivity contribution < 1.29 is 0 Å². The molecule has 1 saturated heterocycles. The van der Waals surface area contributed by atoms with E-state index >= 15 is 0 Å². The fourth-order valence-corrected chi connectivity index (χ4v) is 2.34. The Hall–Kier alpha value is -0.0800. The van der Waals surface area contributed by atoms with Gasteiger partial charge in [-0.05, 0) is 53.2 Å². The second kappa shape index (κ2) is 4.43. The van der Waals surface area contributed by atoms with Crippen LogP contribution in [0.2, 0.25) is 0 Å². The Morgan fingerprint density at radius 3 is 2.31 bits per heavy atom. The SMILES string of the molecule is CCC(C)(C(C)NC)N1CCCC1. The number of nitrogens with one attached hydrogen (secondary N) is 1. The Labute approximate surface area is 82.7 Å². The van der Waals surface area contributed by atoms with Crippen LogP contribution in [0.4, 0.5) is 0 Å². The zero-order valence-electron chi connectivity index (χ0n) is 9.56. The molecule has 13 heavy (non-hydrogen) atoms. The molecule has 0 radical (unpaired) electrons. The largest absolute Gasteiger partial charge is 0.315 e. The van der Waals surface area contributed by atoms with Gasteiger partial charge in [-0.1, -0.05) is 6.92 Å². The molecule has 2 heteroatoms. The minimum absolute atomic E-state index is 0.352. The Balaban J connectivity index is 2.66. The van der Waals surface area contributed by atoms with Gasteiger partial charge in [-0.15, -0.1) is 0 Å². The summed E-state index contributed by atoms with van der Waals surface area (Å²) in [6.45, 7) is 9.56. The van der Waals surface area contributed by atoms with Crippen LogP contribution in [0.25, 0.3) is 0 Å². The van der Waals surface area contributed by atoms with Gasteiger partial charge in [0.2, 0.25) is 0 Å². The summed E-state index contributed by atoms with van der Waals surface area (Å²) in [6.07, 6.45) is 3.99. The maximum absolute atomic E-state index is 3.39. The Morgan fingerprint density at radius 2 is 1.92 bits per heavy atom. The average molecular weight is 184 g/mol. The van der Waals surface area contributed by atoms with E-state index in [1.54, 1.807) is 0 Å². The quantitative estimate of drug-likeness (QED) is 0.717. The third kappa shape index (κ3) is 2.05. The summed E-state index contributed by atoms with van der Waals surface area (Å²) >= 11 is 0. The van der Waals surface area contributed by atoms with Crippen molar-refractivity contribution in [3.63, 3.8) is 0 Å². The first kappa shape index (κ1) is 11.0. The summed E-state index contributed by atoms with van der Waals surface area (Å²) in [5.41, 5.74) is 0.352. The molecule has 0 aromatic heterocycles. The molecule has 0 amide bonds. The first-order chi connectivity index (χ1) is 6.15. The van der Waals surface area contributed by atoms with Crippen LogP contribution in [0.1, 0.15) is 40.0 Å². The normalized spacial score (nSPS) is 25.8. The predicted octanol–water partition coefficient (Wildman–Crippen LogP) is 1.86. The highest BCUT2D eigenvalue weighted by atomic mass is 15.2. The van der Waals surface area contributed by atoms with Gasteiger partial charge in [0.05, 0.1) is 0 Å². The molecule has 0 saturated carbocycles. The molecule has 1 fully saturated rings. The number of hydrogen-bond donors (Lipinski definition) is 1. The van der Waals surface area contributed by atoms with Crippen molar-refractivity contribution in [3.05, 3.63) is 0 Å². The van der Waals surface area contributed by atoms with Crippen LogP contribution in [-0.2, 0) is 0 Å². The molecule has 0 aliphatic carbocycles. The van der Waals surface area contributed by atoms with Gasteiger partial charge in [0, 0.05) is 11.6 Å². The molecule has 1 rings (SSSR count). The van der Waals surface area contributed by atoms with Crippen LogP contribution in [-0.4, -0.2) is 36.6 Å². The molecule has 1 heterocycles. The van der Waals surface area contributed by atoms with E-state index in [4.69, 9.17) is 0 Å². The maximum Gasteiger partial charge on any atom is 0.0328 e. The Bertz CT molecular complexity index is 152. The van der Waals surface area contributed by atoms with E-state index in [2.05, 4.69) is 38.0 Å². The van der Waals surface area contributed by atoms with E-state index in [9.17, 15) is 0 Å². The van der Waals surface area contributed by atoms with Crippen molar-refractivity contribution in [2.24, 2.45) is 0 Å². The number of nitrogens with zero attached hydrogens (tertiary/aromatic N) is 1. The Morgan fingerprint density at radius 1 is 1.38 bits per heavy atom. The highest BCUT2D eigenvalue weighted by Crippen LogP contribution is 2.27. The third-order valence-corrected chi connectivity index (χ3v) is 3.91. The molecular formula is C11H24N2. The molecule has 2 nitrogen and oxygen atoms in total. The fourth-order valence-electron chi connectivity index (χ4n) is 2.34. The first-order valence-electron chi connectivity index (χ1n) is 5.57. The van der Waals surface area contributed by atoms with E-state index in [0.717, 1.165) is 0 Å². The third-order valence-electron chi connectivity index (χ3n) is 3.91. The molecule has 2 unspecified atom stereocenters. The summed E-state index contributed by atoms with van der Waals surface area (Å²) in [6, 6.07) is 0.579. The first-order valence-corrected chi connectivity index (χ1v) is 5.57. The summed E-state index contributed by atoms with van der Waals surface area (Å²) in [4.78, 5) is 2.65. The van der Waals surface area contributed by atoms with Gasteiger partial charge in [0.15, 0.2) is 0 Å². The van der Waals surface area contributed by atoms with Crippen molar-refractivity contribution in [1.82, 2.24) is 10.2 Å². The number of likely N-dealkylation sites (tertiary alicyclic amines) is 1. The summed E-state index contributed by atoms with van der Waals surface area (Å²) in [7, 11) is 2.06. The van der Waals surface area contributed by atoms with Crippen LogP contribution in [0.5, 0.6) is 0 Å². The fraction of sp³-hybridized carbons (Fsp3) is 1.00. The molecule has 78 valence electrons. The highest BCUT2D eigenvalue weighted by Gasteiger charge is 2.35. The van der Waals surface area contributed by atoms with Crippen LogP contribution < -0.4 is 5.32 Å². The van der Waals surface area contributed by atoms with E-state index in [-0.39, 0.29) is 0 Å². The molecule has 1 aliphatic rings. The van der Waals surface area contributed by atoms with Crippen LogP contribution in [0, 0.1) is 0 Å². The van der Waals surface area contributed by atoms with Gasteiger partial charge in [-0.3, -0.25) is 4.90 Å². The lowest BCUT2D eigenvalue weighted by Gasteiger charge is -2.43.